The van der Waals surface area contributed by atoms with Crippen LogP contribution in [0.5, 0.6) is 0 Å². The van der Waals surface area contributed by atoms with E-state index in [1.54, 1.807) is 23.5 Å². The zero-order chi connectivity index (χ0) is 12.5. The van der Waals surface area contributed by atoms with Gasteiger partial charge in [-0.3, -0.25) is 0 Å². The smallest absolute Gasteiger partial charge is 0.123 e. The first-order chi connectivity index (χ1) is 8.78. The van der Waals surface area contributed by atoms with E-state index in [1.165, 1.54) is 17.4 Å². The van der Waals surface area contributed by atoms with Gasteiger partial charge in [-0.1, -0.05) is 12.1 Å². The second-order valence-corrected chi connectivity index (χ2v) is 5.75. The predicted octanol–water partition coefficient (Wildman–Crippen LogP) is 3.33. The first-order valence-electron chi connectivity index (χ1n) is 6.23. The largest absolute Gasteiger partial charge is 0.330 e. The van der Waals surface area contributed by atoms with Gasteiger partial charge in [0, 0.05) is 22.9 Å². The van der Waals surface area contributed by atoms with Crippen LogP contribution in [0.4, 0.5) is 4.39 Å². The highest BCUT2D eigenvalue weighted by Gasteiger charge is 2.23. The molecule has 2 aromatic rings. The molecule has 4 heteroatoms. The summed E-state index contributed by atoms with van der Waals surface area (Å²) in [5.74, 6) is 0.170. The third kappa shape index (κ3) is 2.06. The quantitative estimate of drug-likeness (QED) is 0.901. The minimum Gasteiger partial charge on any atom is -0.330 e. The van der Waals surface area contributed by atoms with Crippen LogP contribution in [0, 0.1) is 5.82 Å². The maximum atomic E-state index is 13.2. The molecule has 1 aliphatic carbocycles. The lowest BCUT2D eigenvalue weighted by Gasteiger charge is -2.18. The summed E-state index contributed by atoms with van der Waals surface area (Å²) >= 11 is 1.68. The van der Waals surface area contributed by atoms with E-state index in [4.69, 9.17) is 5.73 Å². The number of benzene rings is 1. The summed E-state index contributed by atoms with van der Waals surface area (Å²) in [6, 6.07) is 6.64. The SMILES string of the molecule is NCC1CCCc2sc(-c3cccc(F)c3)nc21. The Labute approximate surface area is 110 Å². The Bertz CT molecular complexity index is 565. The van der Waals surface area contributed by atoms with Gasteiger partial charge in [0.05, 0.1) is 5.69 Å². The standard InChI is InChI=1S/C14H15FN2S/c15-11-5-1-3-9(7-11)14-17-13-10(8-16)4-2-6-12(13)18-14/h1,3,5,7,10H,2,4,6,8,16H2. The first kappa shape index (κ1) is 11.8. The number of aryl methyl sites for hydroxylation is 1. The fourth-order valence-corrected chi connectivity index (χ4v) is 3.67. The number of hydrogen-bond donors (Lipinski definition) is 1. The predicted molar refractivity (Wildman–Crippen MR) is 72.2 cm³/mol. The molecule has 0 saturated heterocycles. The molecule has 0 amide bonds. The van der Waals surface area contributed by atoms with Crippen molar-refractivity contribution in [1.82, 2.24) is 4.98 Å². The van der Waals surface area contributed by atoms with Gasteiger partial charge in [-0.05, 0) is 31.4 Å². The Morgan fingerprint density at radius 3 is 3.11 bits per heavy atom. The van der Waals surface area contributed by atoms with E-state index in [0.717, 1.165) is 29.1 Å². The third-order valence-corrected chi connectivity index (χ3v) is 4.61. The summed E-state index contributed by atoms with van der Waals surface area (Å²) in [7, 11) is 0. The van der Waals surface area contributed by atoms with Crippen LogP contribution in [-0.4, -0.2) is 11.5 Å². The molecule has 0 saturated carbocycles. The molecule has 0 radical (unpaired) electrons. The highest BCUT2D eigenvalue weighted by Crippen LogP contribution is 2.37. The summed E-state index contributed by atoms with van der Waals surface area (Å²) in [6.07, 6.45) is 3.38. The summed E-state index contributed by atoms with van der Waals surface area (Å²) in [4.78, 5) is 6.02. The van der Waals surface area contributed by atoms with Gasteiger partial charge in [0.25, 0.3) is 0 Å². The van der Waals surface area contributed by atoms with Gasteiger partial charge in [-0.2, -0.15) is 0 Å². The monoisotopic (exact) mass is 262 g/mol. The Morgan fingerprint density at radius 2 is 2.33 bits per heavy atom. The average Bonchev–Trinajstić information content (AvgIpc) is 2.82. The Kier molecular flexibility index (Phi) is 3.14. The molecule has 2 nitrogen and oxygen atoms in total. The number of hydrogen-bond acceptors (Lipinski definition) is 3. The van der Waals surface area contributed by atoms with E-state index < -0.39 is 0 Å². The number of nitrogens with zero attached hydrogens (tertiary/aromatic N) is 1. The number of rotatable bonds is 2. The Hall–Kier alpha value is -1.26. The molecule has 1 heterocycles. The number of nitrogens with two attached hydrogens (primary N) is 1. The van der Waals surface area contributed by atoms with Crippen LogP contribution in [0.1, 0.15) is 29.3 Å². The summed E-state index contributed by atoms with van der Waals surface area (Å²) in [5.41, 5.74) is 7.81. The molecule has 0 aliphatic heterocycles. The molecular weight excluding hydrogens is 247 g/mol. The van der Waals surface area contributed by atoms with Crippen molar-refractivity contribution in [3.8, 4) is 10.6 Å². The molecule has 2 N–H and O–H groups in total. The molecular formula is C14H15FN2S. The van der Waals surface area contributed by atoms with Gasteiger partial charge in [0.1, 0.15) is 10.8 Å². The highest BCUT2D eigenvalue weighted by molar-refractivity contribution is 7.15. The molecule has 0 bridgehead atoms. The van der Waals surface area contributed by atoms with Crippen molar-refractivity contribution in [2.24, 2.45) is 5.73 Å². The topological polar surface area (TPSA) is 38.9 Å². The molecule has 0 spiro atoms. The van der Waals surface area contributed by atoms with E-state index >= 15 is 0 Å². The van der Waals surface area contributed by atoms with E-state index in [1.807, 2.05) is 6.07 Å². The maximum Gasteiger partial charge on any atom is 0.123 e. The van der Waals surface area contributed by atoms with Crippen LogP contribution in [0.15, 0.2) is 24.3 Å². The van der Waals surface area contributed by atoms with Gasteiger partial charge < -0.3 is 5.73 Å². The van der Waals surface area contributed by atoms with Crippen LogP contribution in [-0.2, 0) is 6.42 Å². The van der Waals surface area contributed by atoms with Crippen molar-refractivity contribution in [3.63, 3.8) is 0 Å². The number of thiazole rings is 1. The molecule has 1 atom stereocenters. The van der Waals surface area contributed by atoms with Crippen LogP contribution in [0.25, 0.3) is 10.6 Å². The number of aromatic nitrogens is 1. The summed E-state index contributed by atoms with van der Waals surface area (Å²) in [5, 5.41) is 0.917. The van der Waals surface area contributed by atoms with Gasteiger partial charge in [0.2, 0.25) is 0 Å². The zero-order valence-corrected chi connectivity index (χ0v) is 10.8. The van der Waals surface area contributed by atoms with Crippen molar-refractivity contribution >= 4 is 11.3 Å². The average molecular weight is 262 g/mol. The molecule has 1 aromatic carbocycles. The van der Waals surface area contributed by atoms with Crippen LogP contribution < -0.4 is 5.73 Å². The van der Waals surface area contributed by atoms with Crippen molar-refractivity contribution in [2.45, 2.75) is 25.2 Å². The van der Waals surface area contributed by atoms with Crippen molar-refractivity contribution < 1.29 is 4.39 Å². The summed E-state index contributed by atoms with van der Waals surface area (Å²) in [6.45, 7) is 0.652. The van der Waals surface area contributed by atoms with Gasteiger partial charge in [0.15, 0.2) is 0 Å². The Morgan fingerprint density at radius 1 is 1.44 bits per heavy atom. The molecule has 0 fully saturated rings. The fraction of sp³-hybridized carbons (Fsp3) is 0.357. The van der Waals surface area contributed by atoms with Crippen LogP contribution in [0.3, 0.4) is 0 Å². The lowest BCUT2D eigenvalue weighted by atomic mass is 9.91. The van der Waals surface area contributed by atoms with E-state index in [-0.39, 0.29) is 5.82 Å². The van der Waals surface area contributed by atoms with E-state index in [0.29, 0.717) is 12.5 Å². The van der Waals surface area contributed by atoms with Crippen molar-refractivity contribution in [2.75, 3.05) is 6.54 Å². The van der Waals surface area contributed by atoms with E-state index in [2.05, 4.69) is 4.98 Å². The fourth-order valence-electron chi connectivity index (χ4n) is 2.48. The minimum absolute atomic E-state index is 0.212. The summed E-state index contributed by atoms with van der Waals surface area (Å²) < 4.78 is 13.2. The van der Waals surface area contributed by atoms with Crippen LogP contribution in [0.2, 0.25) is 0 Å². The highest BCUT2D eigenvalue weighted by atomic mass is 32.1. The molecule has 1 aromatic heterocycles. The number of fused-ring (bicyclic) bond motifs is 1. The Balaban J connectivity index is 2.02. The third-order valence-electron chi connectivity index (χ3n) is 3.43. The lowest BCUT2D eigenvalue weighted by Crippen LogP contribution is -2.17. The molecule has 1 aliphatic rings. The maximum absolute atomic E-state index is 13.2. The molecule has 1 unspecified atom stereocenters. The number of halogens is 1. The van der Waals surface area contributed by atoms with E-state index in [9.17, 15) is 4.39 Å². The van der Waals surface area contributed by atoms with Gasteiger partial charge in [-0.15, -0.1) is 11.3 Å². The molecule has 18 heavy (non-hydrogen) atoms. The molecule has 94 valence electrons. The van der Waals surface area contributed by atoms with Crippen molar-refractivity contribution in [1.29, 1.82) is 0 Å². The van der Waals surface area contributed by atoms with Crippen LogP contribution >= 0.6 is 11.3 Å². The minimum atomic E-state index is -0.212. The normalized spacial score (nSPS) is 18.7. The molecule has 3 rings (SSSR count). The lowest BCUT2D eigenvalue weighted by molar-refractivity contribution is 0.554. The first-order valence-corrected chi connectivity index (χ1v) is 7.05. The van der Waals surface area contributed by atoms with Gasteiger partial charge >= 0.3 is 0 Å². The van der Waals surface area contributed by atoms with Crippen molar-refractivity contribution in [3.05, 3.63) is 40.7 Å². The zero-order valence-electron chi connectivity index (χ0n) is 10.0. The van der Waals surface area contributed by atoms with Gasteiger partial charge in [-0.25, -0.2) is 9.37 Å². The second kappa shape index (κ2) is 4.78. The second-order valence-electron chi connectivity index (χ2n) is 4.66.